The summed E-state index contributed by atoms with van der Waals surface area (Å²) in [5, 5.41) is 11.8. The molecule has 0 saturated heterocycles. The Balaban J connectivity index is 1.78. The lowest BCUT2D eigenvalue weighted by atomic mass is 10.1. The van der Waals surface area contributed by atoms with Gasteiger partial charge in [0.25, 0.3) is 11.5 Å². The van der Waals surface area contributed by atoms with E-state index in [0.717, 1.165) is 12.1 Å². The van der Waals surface area contributed by atoms with Gasteiger partial charge in [-0.3, -0.25) is 9.59 Å². The number of pyridine rings is 1. The zero-order chi connectivity index (χ0) is 24.1. The molecule has 0 fully saturated rings. The second-order valence-corrected chi connectivity index (χ2v) is 8.02. The van der Waals surface area contributed by atoms with Gasteiger partial charge in [0.15, 0.2) is 0 Å². The van der Waals surface area contributed by atoms with E-state index >= 15 is 0 Å². The van der Waals surface area contributed by atoms with Crippen molar-refractivity contribution in [3.8, 4) is 5.75 Å². The molecular weight excluding hydrogens is 454 g/mol. The Morgan fingerprint density at radius 1 is 1.21 bits per heavy atom. The third-order valence-electron chi connectivity index (χ3n) is 4.90. The molecule has 2 N–H and O–H groups in total. The molecule has 0 spiro atoms. The summed E-state index contributed by atoms with van der Waals surface area (Å²) in [6.45, 7) is 3.33. The second-order valence-electron chi connectivity index (χ2n) is 7.64. The van der Waals surface area contributed by atoms with Gasteiger partial charge in [-0.15, -0.1) is 0 Å². The van der Waals surface area contributed by atoms with Crippen molar-refractivity contribution in [2.45, 2.75) is 33.1 Å². The van der Waals surface area contributed by atoms with Crippen LogP contribution < -0.4 is 15.6 Å². The molecular formula is C24H23ClF2N2O4. The minimum atomic E-state index is -0.756. The topological polar surface area (TPSA) is 80.6 Å². The van der Waals surface area contributed by atoms with Crippen molar-refractivity contribution in [2.24, 2.45) is 0 Å². The van der Waals surface area contributed by atoms with E-state index in [4.69, 9.17) is 16.3 Å². The van der Waals surface area contributed by atoms with E-state index in [9.17, 15) is 23.5 Å². The lowest BCUT2D eigenvalue weighted by Gasteiger charge is -2.15. The minimum Gasteiger partial charge on any atom is -0.487 e. The fourth-order valence-electron chi connectivity index (χ4n) is 3.15. The lowest BCUT2D eigenvalue weighted by molar-refractivity contribution is 0.0924. The SMILES string of the molecule is Cc1cc(OCc2ccc(F)cc2F)c(Cl)c(=O)n1Cc1cccc(C(=O)NCC(C)O)c1. The van der Waals surface area contributed by atoms with Crippen LogP contribution in [-0.2, 0) is 13.2 Å². The van der Waals surface area contributed by atoms with E-state index in [1.165, 1.54) is 10.6 Å². The van der Waals surface area contributed by atoms with Crippen molar-refractivity contribution < 1.29 is 23.4 Å². The van der Waals surface area contributed by atoms with E-state index in [0.29, 0.717) is 16.8 Å². The zero-order valence-electron chi connectivity index (χ0n) is 18.1. The second kappa shape index (κ2) is 10.6. The van der Waals surface area contributed by atoms with Crippen LogP contribution >= 0.6 is 11.6 Å². The predicted octanol–water partition coefficient (Wildman–Crippen LogP) is 3.83. The van der Waals surface area contributed by atoms with Crippen molar-refractivity contribution in [2.75, 3.05) is 6.54 Å². The average Bonchev–Trinajstić information content (AvgIpc) is 2.77. The molecule has 3 aromatic rings. The maximum atomic E-state index is 13.8. The van der Waals surface area contributed by atoms with Gasteiger partial charge >= 0.3 is 0 Å². The van der Waals surface area contributed by atoms with Gasteiger partial charge in [-0.2, -0.15) is 0 Å². The van der Waals surface area contributed by atoms with Gasteiger partial charge in [0, 0.05) is 35.5 Å². The van der Waals surface area contributed by atoms with Gasteiger partial charge in [0.1, 0.15) is 29.0 Å². The number of rotatable bonds is 8. The fourth-order valence-corrected chi connectivity index (χ4v) is 3.36. The highest BCUT2D eigenvalue weighted by Crippen LogP contribution is 2.24. The quantitative estimate of drug-likeness (QED) is 0.518. The molecule has 9 heteroatoms. The van der Waals surface area contributed by atoms with Crippen molar-refractivity contribution >= 4 is 17.5 Å². The number of aliphatic hydroxyl groups excluding tert-OH is 1. The largest absolute Gasteiger partial charge is 0.487 e. The van der Waals surface area contributed by atoms with E-state index in [-0.39, 0.29) is 41.9 Å². The Morgan fingerprint density at radius 2 is 1.97 bits per heavy atom. The molecule has 3 rings (SSSR count). The molecule has 1 atom stereocenters. The molecule has 1 amide bonds. The molecule has 174 valence electrons. The van der Waals surface area contributed by atoms with Crippen LogP contribution in [0.3, 0.4) is 0 Å². The summed E-state index contributed by atoms with van der Waals surface area (Å²) in [5.41, 5.74) is 1.26. The number of amides is 1. The standard InChI is InChI=1S/C24H23ClF2N2O4/c1-14-8-21(33-13-18-6-7-19(26)10-20(18)27)22(25)24(32)29(14)12-16-4-3-5-17(9-16)23(31)28-11-15(2)30/h3-10,15,30H,11-13H2,1-2H3,(H,28,31). The van der Waals surface area contributed by atoms with Crippen molar-refractivity contribution in [1.29, 1.82) is 0 Å². The van der Waals surface area contributed by atoms with Crippen LogP contribution in [0.1, 0.15) is 34.1 Å². The molecule has 0 aliphatic heterocycles. The number of aliphatic hydroxyl groups is 1. The monoisotopic (exact) mass is 476 g/mol. The smallest absolute Gasteiger partial charge is 0.273 e. The van der Waals surface area contributed by atoms with Crippen LogP contribution in [0.2, 0.25) is 5.02 Å². The van der Waals surface area contributed by atoms with E-state index in [2.05, 4.69) is 5.32 Å². The highest BCUT2D eigenvalue weighted by atomic mass is 35.5. The summed E-state index contributed by atoms with van der Waals surface area (Å²) in [7, 11) is 0. The third-order valence-corrected chi connectivity index (χ3v) is 5.25. The minimum absolute atomic E-state index is 0.0883. The molecule has 0 aliphatic carbocycles. The Hall–Kier alpha value is -3.23. The lowest BCUT2D eigenvalue weighted by Crippen LogP contribution is -2.30. The number of carbonyl (C=O) groups is 1. The maximum Gasteiger partial charge on any atom is 0.273 e. The normalized spacial score (nSPS) is 11.8. The Kier molecular flexibility index (Phi) is 7.84. The summed E-state index contributed by atoms with van der Waals surface area (Å²) in [4.78, 5) is 25.1. The van der Waals surface area contributed by atoms with Crippen molar-refractivity contribution in [3.63, 3.8) is 0 Å². The molecule has 1 aromatic heterocycles. The molecule has 0 saturated carbocycles. The number of aryl methyl sites for hydroxylation is 1. The first-order valence-corrected chi connectivity index (χ1v) is 10.6. The van der Waals surface area contributed by atoms with Crippen LogP contribution in [0, 0.1) is 18.6 Å². The molecule has 0 aliphatic rings. The van der Waals surface area contributed by atoms with Gasteiger partial charge in [-0.25, -0.2) is 8.78 Å². The van der Waals surface area contributed by atoms with Crippen molar-refractivity contribution in [3.05, 3.63) is 97.9 Å². The maximum absolute atomic E-state index is 13.8. The first kappa shape index (κ1) is 24.4. The first-order chi connectivity index (χ1) is 15.7. The molecule has 2 aromatic carbocycles. The highest BCUT2D eigenvalue weighted by Gasteiger charge is 2.15. The number of hydrogen-bond donors (Lipinski definition) is 2. The zero-order valence-corrected chi connectivity index (χ0v) is 18.8. The van der Waals surface area contributed by atoms with E-state index in [1.807, 2.05) is 0 Å². The number of aromatic nitrogens is 1. The van der Waals surface area contributed by atoms with Gasteiger partial charge < -0.3 is 19.7 Å². The summed E-state index contributed by atoms with van der Waals surface area (Å²) in [6.07, 6.45) is -0.666. The Bertz CT molecular complexity index is 1230. The van der Waals surface area contributed by atoms with Crippen LogP contribution in [0.15, 0.2) is 53.3 Å². The number of nitrogens with zero attached hydrogens (tertiary/aromatic N) is 1. The average molecular weight is 477 g/mol. The van der Waals surface area contributed by atoms with Crippen LogP contribution in [0.5, 0.6) is 5.75 Å². The van der Waals surface area contributed by atoms with Gasteiger partial charge in [0.2, 0.25) is 0 Å². The third kappa shape index (κ3) is 6.18. The van der Waals surface area contributed by atoms with Gasteiger partial charge in [-0.1, -0.05) is 23.7 Å². The number of ether oxygens (including phenoxy) is 1. The van der Waals surface area contributed by atoms with Crippen LogP contribution in [-0.4, -0.2) is 28.2 Å². The van der Waals surface area contributed by atoms with E-state index in [1.54, 1.807) is 44.2 Å². The fraction of sp³-hybridized carbons (Fsp3) is 0.250. The molecule has 0 bridgehead atoms. The van der Waals surface area contributed by atoms with Gasteiger partial charge in [-0.05, 0) is 43.7 Å². The van der Waals surface area contributed by atoms with E-state index < -0.39 is 23.3 Å². The highest BCUT2D eigenvalue weighted by molar-refractivity contribution is 6.31. The number of benzene rings is 2. The molecule has 6 nitrogen and oxygen atoms in total. The number of carbonyl (C=O) groups excluding carboxylic acids is 1. The Morgan fingerprint density at radius 3 is 2.67 bits per heavy atom. The van der Waals surface area contributed by atoms with Crippen LogP contribution in [0.25, 0.3) is 0 Å². The summed E-state index contributed by atoms with van der Waals surface area (Å²) < 4.78 is 33.9. The number of hydrogen-bond acceptors (Lipinski definition) is 4. The summed E-state index contributed by atoms with van der Waals surface area (Å²) in [6, 6.07) is 11.4. The molecule has 1 unspecified atom stereocenters. The Labute approximate surface area is 194 Å². The molecule has 33 heavy (non-hydrogen) atoms. The number of nitrogens with one attached hydrogen (secondary N) is 1. The van der Waals surface area contributed by atoms with Gasteiger partial charge in [0.05, 0.1) is 12.6 Å². The number of halogens is 3. The molecule has 0 radical (unpaired) electrons. The summed E-state index contributed by atoms with van der Waals surface area (Å²) in [5.74, 6) is -1.70. The first-order valence-electron chi connectivity index (χ1n) is 10.2. The summed E-state index contributed by atoms with van der Waals surface area (Å²) >= 11 is 6.22. The van der Waals surface area contributed by atoms with Crippen molar-refractivity contribution in [1.82, 2.24) is 9.88 Å². The predicted molar refractivity (Wildman–Crippen MR) is 121 cm³/mol. The molecule has 1 heterocycles. The van der Waals surface area contributed by atoms with Crippen LogP contribution in [0.4, 0.5) is 8.78 Å².